The van der Waals surface area contributed by atoms with E-state index in [-0.39, 0.29) is 37.0 Å². The van der Waals surface area contributed by atoms with Gasteiger partial charge in [0.05, 0.1) is 11.8 Å². The van der Waals surface area contributed by atoms with Gasteiger partial charge in [-0.25, -0.2) is 0 Å². The SMILES string of the molecule is C=CCC=CCOC(=O)C1C2C=CC(C2)C1C(=O)OCC=CCC=C. The van der Waals surface area contributed by atoms with E-state index in [4.69, 9.17) is 9.47 Å². The number of ether oxygens (including phenoxy) is 2. The van der Waals surface area contributed by atoms with Crippen molar-refractivity contribution in [2.75, 3.05) is 13.2 Å². The molecule has 4 unspecified atom stereocenters. The zero-order valence-corrected chi connectivity index (χ0v) is 14.5. The predicted octanol–water partition coefficient (Wildman–Crippen LogP) is 3.78. The first-order valence-electron chi connectivity index (χ1n) is 8.72. The minimum atomic E-state index is -0.438. The third-order valence-corrected chi connectivity index (χ3v) is 4.59. The lowest BCUT2D eigenvalue weighted by Gasteiger charge is -2.24. The number of fused-ring (bicyclic) bond motifs is 2. The van der Waals surface area contributed by atoms with Gasteiger partial charge < -0.3 is 9.47 Å². The van der Waals surface area contributed by atoms with Gasteiger partial charge >= 0.3 is 11.9 Å². The summed E-state index contributed by atoms with van der Waals surface area (Å²) < 4.78 is 10.7. The molecule has 0 aromatic carbocycles. The summed E-state index contributed by atoms with van der Waals surface area (Å²) in [6, 6.07) is 0. The van der Waals surface area contributed by atoms with Crippen molar-refractivity contribution in [2.45, 2.75) is 19.3 Å². The number of carbonyl (C=O) groups is 2. The van der Waals surface area contributed by atoms with Gasteiger partial charge in [0.25, 0.3) is 0 Å². The molecule has 134 valence electrons. The highest BCUT2D eigenvalue weighted by molar-refractivity contribution is 5.84. The van der Waals surface area contributed by atoms with Crippen molar-refractivity contribution in [2.24, 2.45) is 23.7 Å². The maximum atomic E-state index is 12.5. The minimum Gasteiger partial charge on any atom is -0.461 e. The van der Waals surface area contributed by atoms with Gasteiger partial charge in [-0.05, 0) is 31.1 Å². The second-order valence-corrected chi connectivity index (χ2v) is 6.25. The Morgan fingerprint density at radius 2 is 1.28 bits per heavy atom. The van der Waals surface area contributed by atoms with Crippen LogP contribution in [0.3, 0.4) is 0 Å². The Morgan fingerprint density at radius 3 is 1.68 bits per heavy atom. The predicted molar refractivity (Wildman–Crippen MR) is 97.5 cm³/mol. The van der Waals surface area contributed by atoms with Crippen LogP contribution in [-0.2, 0) is 19.1 Å². The summed E-state index contributed by atoms with van der Waals surface area (Å²) in [4.78, 5) is 24.9. The molecule has 1 saturated carbocycles. The van der Waals surface area contributed by atoms with E-state index >= 15 is 0 Å². The lowest BCUT2D eigenvalue weighted by molar-refractivity contribution is -0.160. The summed E-state index contributed by atoms with van der Waals surface area (Å²) in [6.45, 7) is 7.69. The Hall–Kier alpha value is -2.36. The van der Waals surface area contributed by atoms with Crippen LogP contribution in [0.5, 0.6) is 0 Å². The van der Waals surface area contributed by atoms with Crippen molar-refractivity contribution in [3.63, 3.8) is 0 Å². The molecule has 0 aromatic rings. The summed E-state index contributed by atoms with van der Waals surface area (Å²) in [5.74, 6) is -1.36. The molecule has 0 radical (unpaired) electrons. The molecule has 0 N–H and O–H groups in total. The van der Waals surface area contributed by atoms with E-state index < -0.39 is 11.8 Å². The average Bonchev–Trinajstić information content (AvgIpc) is 3.22. The van der Waals surface area contributed by atoms with Crippen molar-refractivity contribution >= 4 is 11.9 Å². The van der Waals surface area contributed by atoms with E-state index in [1.165, 1.54) is 0 Å². The molecule has 0 saturated heterocycles. The molecular weight excluding hydrogens is 316 g/mol. The van der Waals surface area contributed by atoms with E-state index in [1.54, 1.807) is 24.3 Å². The lowest BCUT2D eigenvalue weighted by Crippen LogP contribution is -2.35. The molecule has 0 heterocycles. The maximum absolute atomic E-state index is 12.5. The summed E-state index contributed by atoms with van der Waals surface area (Å²) in [6.07, 6.45) is 17.3. The zero-order valence-electron chi connectivity index (χ0n) is 14.5. The monoisotopic (exact) mass is 342 g/mol. The number of carbonyl (C=O) groups excluding carboxylic acids is 2. The molecule has 2 aliphatic rings. The van der Waals surface area contributed by atoms with Crippen molar-refractivity contribution in [3.05, 3.63) is 61.8 Å². The Kier molecular flexibility index (Phi) is 7.45. The summed E-state index contributed by atoms with van der Waals surface area (Å²) in [5.41, 5.74) is 0. The molecule has 2 aliphatic carbocycles. The number of hydrogen-bond donors (Lipinski definition) is 0. The van der Waals surface area contributed by atoms with E-state index in [1.807, 2.05) is 24.3 Å². The Morgan fingerprint density at radius 1 is 0.840 bits per heavy atom. The molecule has 2 bridgehead atoms. The van der Waals surface area contributed by atoms with Crippen LogP contribution < -0.4 is 0 Å². The molecule has 0 aromatic heterocycles. The van der Waals surface area contributed by atoms with Gasteiger partial charge in [-0.2, -0.15) is 0 Å². The minimum absolute atomic E-state index is 0.0727. The van der Waals surface area contributed by atoms with Crippen LogP contribution >= 0.6 is 0 Å². The second-order valence-electron chi connectivity index (χ2n) is 6.25. The fraction of sp³-hybridized carbons (Fsp3) is 0.429. The van der Waals surface area contributed by atoms with Crippen LogP contribution in [0.1, 0.15) is 19.3 Å². The fourth-order valence-corrected chi connectivity index (χ4v) is 3.44. The van der Waals surface area contributed by atoms with Crippen molar-refractivity contribution in [1.29, 1.82) is 0 Å². The molecule has 0 spiro atoms. The summed E-state index contributed by atoms with van der Waals surface area (Å²) in [5, 5.41) is 0. The average molecular weight is 342 g/mol. The third-order valence-electron chi connectivity index (χ3n) is 4.59. The van der Waals surface area contributed by atoms with Gasteiger partial charge in [0.2, 0.25) is 0 Å². The van der Waals surface area contributed by atoms with Crippen LogP contribution in [0, 0.1) is 23.7 Å². The van der Waals surface area contributed by atoms with Gasteiger partial charge in [0, 0.05) is 0 Å². The first-order valence-corrected chi connectivity index (χ1v) is 8.72. The smallest absolute Gasteiger partial charge is 0.310 e. The molecule has 25 heavy (non-hydrogen) atoms. The molecule has 0 aliphatic heterocycles. The quantitative estimate of drug-likeness (QED) is 0.448. The molecule has 0 amide bonds. The number of rotatable bonds is 10. The summed E-state index contributed by atoms with van der Waals surface area (Å²) in [7, 11) is 0. The van der Waals surface area contributed by atoms with Crippen molar-refractivity contribution in [3.8, 4) is 0 Å². The van der Waals surface area contributed by atoms with Gasteiger partial charge in [0.1, 0.15) is 13.2 Å². The molecule has 4 nitrogen and oxygen atoms in total. The largest absolute Gasteiger partial charge is 0.461 e. The topological polar surface area (TPSA) is 52.6 Å². The fourth-order valence-electron chi connectivity index (χ4n) is 3.44. The molecular formula is C21H26O4. The van der Waals surface area contributed by atoms with Gasteiger partial charge in [-0.1, -0.05) is 48.6 Å². The van der Waals surface area contributed by atoms with Crippen molar-refractivity contribution in [1.82, 2.24) is 0 Å². The first-order chi connectivity index (χ1) is 12.2. The molecule has 2 rings (SSSR count). The highest BCUT2D eigenvalue weighted by Gasteiger charge is 2.52. The lowest BCUT2D eigenvalue weighted by atomic mass is 9.83. The van der Waals surface area contributed by atoms with Crippen LogP contribution in [-0.4, -0.2) is 25.2 Å². The second kappa shape index (κ2) is 9.82. The van der Waals surface area contributed by atoms with Gasteiger partial charge in [0.15, 0.2) is 0 Å². The molecule has 1 fully saturated rings. The maximum Gasteiger partial charge on any atom is 0.310 e. The molecule has 4 atom stereocenters. The number of esters is 2. The van der Waals surface area contributed by atoms with Crippen LogP contribution in [0.4, 0.5) is 0 Å². The van der Waals surface area contributed by atoms with Crippen molar-refractivity contribution < 1.29 is 19.1 Å². The standard InChI is InChI=1S/C21H26O4/c1-3-5-7-9-13-24-20(22)18-16-11-12-17(15-16)19(18)21(23)25-14-10-8-6-4-2/h3-4,7-12,16-19H,1-2,5-6,13-15H2. The van der Waals surface area contributed by atoms with Gasteiger partial charge in [-0.3, -0.25) is 9.59 Å². The van der Waals surface area contributed by atoms with Crippen LogP contribution in [0.15, 0.2) is 61.8 Å². The summed E-state index contributed by atoms with van der Waals surface area (Å²) >= 11 is 0. The third kappa shape index (κ3) is 5.05. The Labute approximate surface area is 149 Å². The number of hydrogen-bond acceptors (Lipinski definition) is 4. The van der Waals surface area contributed by atoms with Crippen LogP contribution in [0.2, 0.25) is 0 Å². The highest BCUT2D eigenvalue weighted by Crippen LogP contribution is 2.49. The Balaban J connectivity index is 1.90. The van der Waals surface area contributed by atoms with E-state index in [2.05, 4.69) is 13.2 Å². The zero-order chi connectivity index (χ0) is 18.1. The normalized spacial score (nSPS) is 27.0. The van der Waals surface area contributed by atoms with E-state index in [0.29, 0.717) is 0 Å². The first kappa shape index (κ1) is 19.0. The van der Waals surface area contributed by atoms with E-state index in [0.717, 1.165) is 19.3 Å². The van der Waals surface area contributed by atoms with Crippen LogP contribution in [0.25, 0.3) is 0 Å². The van der Waals surface area contributed by atoms with E-state index in [9.17, 15) is 9.59 Å². The van der Waals surface area contributed by atoms with Gasteiger partial charge in [-0.15, -0.1) is 13.2 Å². The number of allylic oxidation sites excluding steroid dienone is 6. The molecule has 4 heteroatoms. The highest BCUT2D eigenvalue weighted by atomic mass is 16.5. The Bertz CT molecular complexity index is 535.